The summed E-state index contributed by atoms with van der Waals surface area (Å²) in [5, 5.41) is 2.41. The Hall–Kier alpha value is -1.27. The van der Waals surface area contributed by atoms with E-state index in [4.69, 9.17) is 16.3 Å². The normalized spacial score (nSPS) is 13.2. The zero-order valence-electron chi connectivity index (χ0n) is 11.2. The van der Waals surface area contributed by atoms with E-state index in [9.17, 15) is 13.2 Å². The van der Waals surface area contributed by atoms with Gasteiger partial charge in [0, 0.05) is 5.38 Å². The molecule has 1 heterocycles. The number of nitrogens with zero attached hydrogens (tertiary/aromatic N) is 1. The van der Waals surface area contributed by atoms with Crippen LogP contribution in [0.5, 0.6) is 5.75 Å². The molecule has 1 aromatic carbocycles. The molecule has 1 unspecified atom stereocenters. The fourth-order valence-corrected chi connectivity index (χ4v) is 2.95. The minimum atomic E-state index is -4.45. The topological polar surface area (TPSA) is 22.1 Å². The minimum absolute atomic E-state index is 0.181. The molecule has 7 heteroatoms. The van der Waals surface area contributed by atoms with Gasteiger partial charge in [0.15, 0.2) is 0 Å². The Labute approximate surface area is 129 Å². The Morgan fingerprint density at radius 3 is 2.62 bits per heavy atom. The molecule has 2 nitrogen and oxygen atoms in total. The van der Waals surface area contributed by atoms with Crippen LogP contribution in [-0.4, -0.2) is 4.98 Å². The fraction of sp³-hybridized carbons (Fsp3) is 0.357. The van der Waals surface area contributed by atoms with Gasteiger partial charge in [-0.2, -0.15) is 13.2 Å². The third kappa shape index (κ3) is 3.89. The van der Waals surface area contributed by atoms with E-state index in [-0.39, 0.29) is 11.6 Å². The second kappa shape index (κ2) is 6.66. The van der Waals surface area contributed by atoms with Gasteiger partial charge in [0.25, 0.3) is 0 Å². The van der Waals surface area contributed by atoms with Crippen molar-refractivity contribution in [3.05, 3.63) is 45.9 Å². The van der Waals surface area contributed by atoms with Crippen LogP contribution in [-0.2, 0) is 12.1 Å². The maximum Gasteiger partial charge on any atom is 0.419 e. The predicted octanol–water partition coefficient (Wildman–Crippen LogP) is 5.43. The highest BCUT2D eigenvalue weighted by atomic mass is 35.5. The maximum atomic E-state index is 13.0. The third-order valence-corrected chi connectivity index (χ3v) is 4.07. The molecule has 0 bridgehead atoms. The number of hydrogen-bond donors (Lipinski definition) is 0. The van der Waals surface area contributed by atoms with Gasteiger partial charge in [-0.05, 0) is 18.6 Å². The highest BCUT2D eigenvalue weighted by Gasteiger charge is 2.34. The van der Waals surface area contributed by atoms with Gasteiger partial charge in [-0.25, -0.2) is 4.98 Å². The minimum Gasteiger partial charge on any atom is -0.483 e. The number of aromatic nitrogens is 1. The van der Waals surface area contributed by atoms with Crippen LogP contribution in [0.1, 0.15) is 35.7 Å². The van der Waals surface area contributed by atoms with Crippen molar-refractivity contribution in [2.75, 3.05) is 0 Å². The molecule has 0 amide bonds. The van der Waals surface area contributed by atoms with Gasteiger partial charge in [0.2, 0.25) is 0 Å². The van der Waals surface area contributed by atoms with E-state index in [1.807, 2.05) is 6.92 Å². The number of alkyl halides is 4. The molecular weight excluding hydrogens is 323 g/mol. The smallest absolute Gasteiger partial charge is 0.419 e. The van der Waals surface area contributed by atoms with Crippen LogP contribution in [0.2, 0.25) is 0 Å². The average molecular weight is 336 g/mol. The van der Waals surface area contributed by atoms with Crippen molar-refractivity contribution in [3.63, 3.8) is 0 Å². The summed E-state index contributed by atoms with van der Waals surface area (Å²) in [5.74, 6) is 0.0889. The molecule has 114 valence electrons. The van der Waals surface area contributed by atoms with Crippen molar-refractivity contribution in [2.45, 2.75) is 31.5 Å². The molecule has 21 heavy (non-hydrogen) atoms. The van der Waals surface area contributed by atoms with Crippen LogP contribution in [0, 0.1) is 0 Å². The quantitative estimate of drug-likeness (QED) is 0.680. The van der Waals surface area contributed by atoms with Crippen LogP contribution in [0.15, 0.2) is 29.6 Å². The van der Waals surface area contributed by atoms with Gasteiger partial charge in [-0.1, -0.05) is 19.1 Å². The van der Waals surface area contributed by atoms with Gasteiger partial charge < -0.3 is 4.74 Å². The fourth-order valence-electron chi connectivity index (χ4n) is 1.80. The number of hydrogen-bond acceptors (Lipinski definition) is 3. The zero-order valence-corrected chi connectivity index (χ0v) is 12.7. The molecule has 0 aliphatic rings. The van der Waals surface area contributed by atoms with Crippen molar-refractivity contribution in [3.8, 4) is 5.75 Å². The van der Waals surface area contributed by atoms with Crippen molar-refractivity contribution in [2.24, 2.45) is 0 Å². The summed E-state index contributed by atoms with van der Waals surface area (Å²) >= 11 is 7.03. The molecule has 0 N–H and O–H groups in total. The Bertz CT molecular complexity index is 600. The molecule has 0 fully saturated rings. The monoisotopic (exact) mass is 335 g/mol. The van der Waals surface area contributed by atoms with Crippen LogP contribution in [0.3, 0.4) is 0 Å². The highest BCUT2D eigenvalue weighted by molar-refractivity contribution is 7.09. The summed E-state index contributed by atoms with van der Waals surface area (Å²) in [5.41, 5.74) is -0.0830. The Kier molecular flexibility index (Phi) is 5.11. The molecule has 0 saturated carbocycles. The average Bonchev–Trinajstić information content (AvgIpc) is 2.93. The number of ether oxygens (including phenoxy) is 1. The summed E-state index contributed by atoms with van der Waals surface area (Å²) in [7, 11) is 0. The van der Waals surface area contributed by atoms with Gasteiger partial charge >= 0.3 is 6.18 Å². The number of benzene rings is 1. The Morgan fingerprint density at radius 2 is 2.05 bits per heavy atom. The zero-order chi connectivity index (χ0) is 15.5. The van der Waals surface area contributed by atoms with Crippen LogP contribution < -0.4 is 4.74 Å². The first-order chi connectivity index (χ1) is 9.95. The van der Waals surface area contributed by atoms with Crippen molar-refractivity contribution >= 4 is 22.9 Å². The summed E-state index contributed by atoms with van der Waals surface area (Å²) in [6, 6.07) is 5.19. The first-order valence-electron chi connectivity index (χ1n) is 6.28. The lowest BCUT2D eigenvalue weighted by Gasteiger charge is -2.19. The molecule has 0 aliphatic heterocycles. The lowest BCUT2D eigenvalue weighted by molar-refractivity contribution is -0.139. The molecule has 1 atom stereocenters. The molecule has 0 aliphatic carbocycles. The molecule has 0 spiro atoms. The van der Waals surface area contributed by atoms with Gasteiger partial charge in [0.1, 0.15) is 16.9 Å². The standard InChI is InChI=1S/C14H13ClF3NOS/c1-2-11(13-19-9(7-15)8-21-13)20-12-6-4-3-5-10(12)14(16,17)18/h3-6,8,11H,2,7H2,1H3. The highest BCUT2D eigenvalue weighted by Crippen LogP contribution is 2.38. The van der Waals surface area contributed by atoms with E-state index in [2.05, 4.69) is 4.98 Å². The molecule has 0 radical (unpaired) electrons. The summed E-state index contributed by atoms with van der Waals surface area (Å²) in [4.78, 5) is 4.27. The van der Waals surface area contributed by atoms with Crippen LogP contribution in [0.4, 0.5) is 13.2 Å². The van der Waals surface area contributed by atoms with Crippen LogP contribution >= 0.6 is 22.9 Å². The number of thiazole rings is 1. The predicted molar refractivity (Wildman–Crippen MR) is 76.8 cm³/mol. The van der Waals surface area contributed by atoms with E-state index < -0.39 is 17.8 Å². The SMILES string of the molecule is CCC(Oc1ccccc1C(F)(F)F)c1nc(CCl)cs1. The molecule has 0 saturated heterocycles. The van der Waals surface area contributed by atoms with Gasteiger partial charge in [0.05, 0.1) is 17.1 Å². The summed E-state index contributed by atoms with van der Waals surface area (Å²) in [6.07, 6.45) is -4.45. The van der Waals surface area contributed by atoms with Crippen molar-refractivity contribution < 1.29 is 17.9 Å². The van der Waals surface area contributed by atoms with Gasteiger partial charge in [-0.15, -0.1) is 22.9 Å². The first kappa shape index (κ1) is 16.1. The molecule has 2 rings (SSSR count). The number of para-hydroxylation sites is 1. The Morgan fingerprint density at radius 1 is 1.33 bits per heavy atom. The summed E-state index contributed by atoms with van der Waals surface area (Å²) < 4.78 is 44.4. The van der Waals surface area contributed by atoms with Crippen molar-refractivity contribution in [1.82, 2.24) is 4.98 Å². The largest absolute Gasteiger partial charge is 0.483 e. The number of rotatable bonds is 5. The molecule has 2 aromatic rings. The molecule has 1 aromatic heterocycles. The lowest BCUT2D eigenvalue weighted by Crippen LogP contribution is -2.12. The lowest BCUT2D eigenvalue weighted by atomic mass is 10.2. The van der Waals surface area contributed by atoms with E-state index in [1.165, 1.54) is 29.5 Å². The second-order valence-corrected chi connectivity index (χ2v) is 5.48. The van der Waals surface area contributed by atoms with Crippen LogP contribution in [0.25, 0.3) is 0 Å². The number of halogens is 4. The third-order valence-electron chi connectivity index (χ3n) is 2.81. The molecular formula is C14H13ClF3NOS. The first-order valence-corrected chi connectivity index (χ1v) is 7.70. The van der Waals surface area contributed by atoms with E-state index in [1.54, 1.807) is 5.38 Å². The maximum absolute atomic E-state index is 13.0. The summed E-state index contributed by atoms with van der Waals surface area (Å²) in [6.45, 7) is 1.84. The van der Waals surface area contributed by atoms with E-state index >= 15 is 0 Å². The van der Waals surface area contributed by atoms with Gasteiger partial charge in [-0.3, -0.25) is 0 Å². The van der Waals surface area contributed by atoms with E-state index in [0.717, 1.165) is 6.07 Å². The second-order valence-electron chi connectivity index (χ2n) is 4.32. The Balaban J connectivity index is 2.27. The van der Waals surface area contributed by atoms with Crippen molar-refractivity contribution in [1.29, 1.82) is 0 Å². The van der Waals surface area contributed by atoms with E-state index in [0.29, 0.717) is 17.1 Å².